The van der Waals surface area contributed by atoms with E-state index >= 15 is 0 Å². The fraction of sp³-hybridized carbons (Fsp3) is 0.231. The van der Waals surface area contributed by atoms with Crippen molar-refractivity contribution in [1.29, 1.82) is 0 Å². The molecular weight excluding hydrogens is 253 g/mol. The zero-order valence-corrected chi connectivity index (χ0v) is 10.9. The fourth-order valence-corrected chi connectivity index (χ4v) is 2.54. The molecule has 5 heteroatoms. The van der Waals surface area contributed by atoms with Crippen molar-refractivity contribution in [3.05, 3.63) is 51.2 Å². The Hall–Kier alpha value is -1.75. The number of aryl methyl sites for hydroxylation is 1. The Bertz CT molecular complexity index is 563. The summed E-state index contributed by atoms with van der Waals surface area (Å²) in [5.41, 5.74) is 1.32. The van der Waals surface area contributed by atoms with Crippen LogP contribution in [0.4, 0.5) is 4.39 Å². The molecule has 0 aliphatic rings. The van der Waals surface area contributed by atoms with E-state index in [1.54, 1.807) is 12.1 Å². The van der Waals surface area contributed by atoms with E-state index in [0.717, 1.165) is 15.4 Å². The Balaban J connectivity index is 2.20. The highest BCUT2D eigenvalue weighted by atomic mass is 32.1. The molecule has 2 rings (SSSR count). The zero-order valence-electron chi connectivity index (χ0n) is 10.1. The van der Waals surface area contributed by atoms with Crippen LogP contribution in [0.3, 0.4) is 0 Å². The number of hydrogen-bond acceptors (Lipinski definition) is 4. The van der Waals surface area contributed by atoms with E-state index < -0.39 is 5.97 Å². The standard InChI is InChI=1S/C13H12FNO2S/c1-8-12(13(16)17-2)15-11(18-8)7-9-3-5-10(14)6-4-9/h3-6H,7H2,1-2H3. The summed E-state index contributed by atoms with van der Waals surface area (Å²) in [6.45, 7) is 1.83. The van der Waals surface area contributed by atoms with E-state index in [2.05, 4.69) is 9.72 Å². The van der Waals surface area contributed by atoms with E-state index in [1.807, 2.05) is 6.92 Å². The molecule has 18 heavy (non-hydrogen) atoms. The molecule has 0 spiro atoms. The first-order chi connectivity index (χ1) is 8.60. The Morgan fingerprint density at radius 2 is 2.06 bits per heavy atom. The molecule has 1 heterocycles. The number of rotatable bonds is 3. The average molecular weight is 265 g/mol. The van der Waals surface area contributed by atoms with Gasteiger partial charge in [-0.25, -0.2) is 14.2 Å². The quantitative estimate of drug-likeness (QED) is 0.801. The minimum atomic E-state index is -0.422. The van der Waals surface area contributed by atoms with Gasteiger partial charge in [-0.15, -0.1) is 11.3 Å². The molecule has 0 bridgehead atoms. The summed E-state index contributed by atoms with van der Waals surface area (Å²) in [7, 11) is 1.33. The summed E-state index contributed by atoms with van der Waals surface area (Å²) < 4.78 is 17.4. The lowest BCUT2D eigenvalue weighted by Gasteiger charge is -1.97. The van der Waals surface area contributed by atoms with E-state index in [4.69, 9.17) is 0 Å². The number of methoxy groups -OCH3 is 1. The Labute approximate surface area is 108 Å². The van der Waals surface area contributed by atoms with Gasteiger partial charge < -0.3 is 4.74 Å². The van der Waals surface area contributed by atoms with Crippen LogP contribution in [0.5, 0.6) is 0 Å². The molecule has 0 N–H and O–H groups in total. The lowest BCUT2D eigenvalue weighted by Crippen LogP contribution is -2.03. The molecule has 0 saturated heterocycles. The van der Waals surface area contributed by atoms with Gasteiger partial charge >= 0.3 is 5.97 Å². The molecule has 1 aromatic carbocycles. The lowest BCUT2D eigenvalue weighted by atomic mass is 10.1. The Kier molecular flexibility index (Phi) is 3.72. The number of thiazole rings is 1. The van der Waals surface area contributed by atoms with E-state index in [9.17, 15) is 9.18 Å². The number of carbonyl (C=O) groups is 1. The summed E-state index contributed by atoms with van der Waals surface area (Å²) in [5, 5.41) is 0.819. The predicted octanol–water partition coefficient (Wildman–Crippen LogP) is 2.97. The van der Waals surface area contributed by atoms with E-state index in [0.29, 0.717) is 12.1 Å². The molecule has 0 saturated carbocycles. The van der Waals surface area contributed by atoms with Crippen LogP contribution in [-0.2, 0) is 11.2 Å². The van der Waals surface area contributed by atoms with Gasteiger partial charge in [0.25, 0.3) is 0 Å². The second-order valence-corrected chi connectivity index (χ2v) is 5.09. The summed E-state index contributed by atoms with van der Waals surface area (Å²) in [5.74, 6) is -0.682. The monoisotopic (exact) mass is 265 g/mol. The van der Waals surface area contributed by atoms with Crippen LogP contribution >= 0.6 is 11.3 Å². The van der Waals surface area contributed by atoms with Crippen molar-refractivity contribution in [2.45, 2.75) is 13.3 Å². The average Bonchev–Trinajstić information content (AvgIpc) is 2.72. The van der Waals surface area contributed by atoms with Crippen molar-refractivity contribution < 1.29 is 13.9 Å². The van der Waals surface area contributed by atoms with Gasteiger partial charge in [0.1, 0.15) is 5.82 Å². The molecule has 0 unspecified atom stereocenters. The van der Waals surface area contributed by atoms with E-state index in [-0.39, 0.29) is 5.82 Å². The van der Waals surface area contributed by atoms with Crippen molar-refractivity contribution in [3.8, 4) is 0 Å². The van der Waals surface area contributed by atoms with Crippen LogP contribution < -0.4 is 0 Å². The van der Waals surface area contributed by atoms with E-state index in [1.165, 1.54) is 30.6 Å². The third-order valence-electron chi connectivity index (χ3n) is 2.49. The van der Waals surface area contributed by atoms with Gasteiger partial charge in [-0.3, -0.25) is 0 Å². The second kappa shape index (κ2) is 5.27. The SMILES string of the molecule is COC(=O)c1nc(Cc2ccc(F)cc2)sc1C. The number of carbonyl (C=O) groups excluding carboxylic acids is 1. The molecule has 2 aromatic rings. The van der Waals surface area contributed by atoms with Gasteiger partial charge in [-0.1, -0.05) is 12.1 Å². The van der Waals surface area contributed by atoms with Gasteiger partial charge in [0.2, 0.25) is 0 Å². The third kappa shape index (κ3) is 2.73. The molecule has 0 aliphatic carbocycles. The molecule has 3 nitrogen and oxygen atoms in total. The summed E-state index contributed by atoms with van der Waals surface area (Å²) >= 11 is 1.45. The number of benzene rings is 1. The maximum Gasteiger partial charge on any atom is 0.357 e. The molecule has 1 aromatic heterocycles. The van der Waals surface area contributed by atoms with Crippen molar-refractivity contribution in [2.24, 2.45) is 0 Å². The summed E-state index contributed by atoms with van der Waals surface area (Å²) in [4.78, 5) is 16.5. The molecular formula is C13H12FNO2S. The maximum absolute atomic E-state index is 12.8. The summed E-state index contributed by atoms with van der Waals surface area (Å²) in [6.07, 6.45) is 0.586. The first-order valence-electron chi connectivity index (χ1n) is 5.39. The molecule has 0 fully saturated rings. The van der Waals surface area contributed by atoms with Crippen LogP contribution in [0.25, 0.3) is 0 Å². The normalized spacial score (nSPS) is 10.4. The highest BCUT2D eigenvalue weighted by Gasteiger charge is 2.15. The number of hydrogen-bond donors (Lipinski definition) is 0. The Morgan fingerprint density at radius 3 is 2.67 bits per heavy atom. The molecule has 0 aliphatic heterocycles. The number of aromatic nitrogens is 1. The van der Waals surface area contributed by atoms with Crippen LogP contribution in [-0.4, -0.2) is 18.1 Å². The van der Waals surface area contributed by atoms with Crippen molar-refractivity contribution in [3.63, 3.8) is 0 Å². The van der Waals surface area contributed by atoms with Crippen molar-refractivity contribution >= 4 is 17.3 Å². The maximum atomic E-state index is 12.8. The third-order valence-corrected chi connectivity index (χ3v) is 3.46. The van der Waals surface area contributed by atoms with Crippen LogP contribution in [0.2, 0.25) is 0 Å². The van der Waals surface area contributed by atoms with Gasteiger partial charge in [0, 0.05) is 11.3 Å². The van der Waals surface area contributed by atoms with Gasteiger partial charge in [0.15, 0.2) is 5.69 Å². The minimum absolute atomic E-state index is 0.260. The zero-order chi connectivity index (χ0) is 13.1. The molecule has 0 radical (unpaired) electrons. The van der Waals surface area contributed by atoms with Crippen molar-refractivity contribution in [2.75, 3.05) is 7.11 Å². The van der Waals surface area contributed by atoms with Gasteiger partial charge in [0.05, 0.1) is 12.1 Å². The molecule has 94 valence electrons. The minimum Gasteiger partial charge on any atom is -0.464 e. The van der Waals surface area contributed by atoms with Gasteiger partial charge in [-0.2, -0.15) is 0 Å². The molecule has 0 amide bonds. The number of ether oxygens (including phenoxy) is 1. The smallest absolute Gasteiger partial charge is 0.357 e. The Morgan fingerprint density at radius 1 is 1.39 bits per heavy atom. The van der Waals surface area contributed by atoms with Crippen LogP contribution in [0.15, 0.2) is 24.3 Å². The fourth-order valence-electron chi connectivity index (χ4n) is 1.59. The highest BCUT2D eigenvalue weighted by molar-refractivity contribution is 7.11. The molecule has 0 atom stereocenters. The second-order valence-electron chi connectivity index (χ2n) is 3.81. The first-order valence-corrected chi connectivity index (χ1v) is 6.21. The van der Waals surface area contributed by atoms with Crippen LogP contribution in [0, 0.1) is 12.7 Å². The lowest BCUT2D eigenvalue weighted by molar-refractivity contribution is 0.0594. The van der Waals surface area contributed by atoms with Crippen molar-refractivity contribution in [1.82, 2.24) is 4.98 Å². The van der Waals surface area contributed by atoms with Gasteiger partial charge in [-0.05, 0) is 24.6 Å². The highest BCUT2D eigenvalue weighted by Crippen LogP contribution is 2.21. The first kappa shape index (κ1) is 12.7. The summed E-state index contributed by atoms with van der Waals surface area (Å²) in [6, 6.07) is 6.25. The largest absolute Gasteiger partial charge is 0.464 e. The topological polar surface area (TPSA) is 39.2 Å². The number of esters is 1. The number of nitrogens with zero attached hydrogens (tertiary/aromatic N) is 1. The van der Waals surface area contributed by atoms with Crippen LogP contribution in [0.1, 0.15) is 25.9 Å². The predicted molar refractivity (Wildman–Crippen MR) is 67.4 cm³/mol. The number of halogens is 1.